The zero-order valence-electron chi connectivity index (χ0n) is 14.8. The molecule has 2 aromatic carbocycles. The topological polar surface area (TPSA) is 43.8 Å². The van der Waals surface area contributed by atoms with Crippen molar-refractivity contribution in [1.82, 2.24) is 4.90 Å². The zero-order valence-corrected chi connectivity index (χ0v) is 14.8. The average Bonchev–Trinajstić information content (AvgIpc) is 3.12. The van der Waals surface area contributed by atoms with Crippen molar-refractivity contribution in [2.45, 2.75) is 19.4 Å². The summed E-state index contributed by atoms with van der Waals surface area (Å²) in [6.45, 7) is 2.19. The molecule has 0 bridgehead atoms. The minimum Gasteiger partial charge on any atom is -0.392 e. The smallest absolute Gasteiger partial charge is 0.242 e. The van der Waals surface area contributed by atoms with Crippen LogP contribution in [0.3, 0.4) is 0 Å². The van der Waals surface area contributed by atoms with Gasteiger partial charge in [-0.2, -0.15) is 0 Å². The number of rotatable bonds is 6. The number of carbonyl (C=O) groups is 1. The first kappa shape index (κ1) is 17.5. The Bertz CT molecular complexity index is 685. The van der Waals surface area contributed by atoms with E-state index in [1.54, 1.807) is 0 Å². The normalized spacial score (nSPS) is 16.9. The Hall–Kier alpha value is -2.33. The number of hydrogen-bond donors (Lipinski definition) is 1. The van der Waals surface area contributed by atoms with E-state index in [1.807, 2.05) is 59.3 Å². The van der Waals surface area contributed by atoms with E-state index in [4.69, 9.17) is 5.11 Å². The number of benzene rings is 2. The van der Waals surface area contributed by atoms with Gasteiger partial charge < -0.3 is 14.9 Å². The number of aliphatic hydroxyl groups excluding tert-OH is 1. The number of likely N-dealkylation sites (N-methyl/N-ethyl adjacent to an activating group) is 1. The molecule has 1 aliphatic heterocycles. The van der Waals surface area contributed by atoms with Gasteiger partial charge in [0.2, 0.25) is 5.91 Å². The molecule has 3 rings (SSSR count). The quantitative estimate of drug-likeness (QED) is 0.881. The second-order valence-electron chi connectivity index (χ2n) is 6.86. The van der Waals surface area contributed by atoms with Crippen molar-refractivity contribution in [3.8, 4) is 0 Å². The van der Waals surface area contributed by atoms with Gasteiger partial charge in [0, 0.05) is 25.8 Å². The predicted molar refractivity (Wildman–Crippen MR) is 100 cm³/mol. The van der Waals surface area contributed by atoms with Gasteiger partial charge in [0.25, 0.3) is 0 Å². The number of anilines is 1. The zero-order chi connectivity index (χ0) is 17.6. The third-order valence-electron chi connectivity index (χ3n) is 4.94. The summed E-state index contributed by atoms with van der Waals surface area (Å²) in [4.78, 5) is 16.6. The van der Waals surface area contributed by atoms with Crippen LogP contribution in [0.2, 0.25) is 0 Å². The lowest BCUT2D eigenvalue weighted by atomic mass is 9.98. The summed E-state index contributed by atoms with van der Waals surface area (Å²) in [5, 5.41) is 9.11. The van der Waals surface area contributed by atoms with Gasteiger partial charge in [-0.05, 0) is 42.0 Å². The highest BCUT2D eigenvalue weighted by Crippen LogP contribution is 2.22. The highest BCUT2D eigenvalue weighted by molar-refractivity contribution is 5.81. The second-order valence-corrected chi connectivity index (χ2v) is 6.86. The third-order valence-corrected chi connectivity index (χ3v) is 4.94. The Morgan fingerprint density at radius 1 is 1.12 bits per heavy atom. The number of nitrogens with zero attached hydrogens (tertiary/aromatic N) is 2. The number of hydrogen-bond acceptors (Lipinski definition) is 3. The third kappa shape index (κ3) is 4.60. The van der Waals surface area contributed by atoms with Gasteiger partial charge in [-0.15, -0.1) is 0 Å². The maximum absolute atomic E-state index is 12.6. The molecule has 1 heterocycles. The van der Waals surface area contributed by atoms with Crippen LogP contribution in [0.5, 0.6) is 0 Å². The van der Waals surface area contributed by atoms with Gasteiger partial charge in [-0.25, -0.2) is 0 Å². The van der Waals surface area contributed by atoms with Gasteiger partial charge in [-0.3, -0.25) is 4.79 Å². The first-order valence-corrected chi connectivity index (χ1v) is 8.88. The van der Waals surface area contributed by atoms with Crippen LogP contribution in [0.15, 0.2) is 54.6 Å². The molecule has 1 fully saturated rings. The molecular formula is C21H26N2O2. The molecule has 0 spiro atoms. The fraction of sp³-hybridized carbons (Fsp3) is 0.381. The maximum Gasteiger partial charge on any atom is 0.242 e. The van der Waals surface area contributed by atoms with Crippen molar-refractivity contribution in [3.05, 3.63) is 65.7 Å². The van der Waals surface area contributed by atoms with Crippen LogP contribution in [0.1, 0.15) is 17.5 Å². The Kier molecular flexibility index (Phi) is 5.71. The Morgan fingerprint density at radius 3 is 2.48 bits per heavy atom. The fourth-order valence-corrected chi connectivity index (χ4v) is 3.42. The first-order chi connectivity index (χ1) is 12.2. The summed E-state index contributed by atoms with van der Waals surface area (Å²) >= 11 is 0. The van der Waals surface area contributed by atoms with Gasteiger partial charge in [-0.1, -0.05) is 42.5 Å². The van der Waals surface area contributed by atoms with Crippen LogP contribution < -0.4 is 4.90 Å². The molecule has 1 saturated heterocycles. The lowest BCUT2D eigenvalue weighted by molar-refractivity contribution is -0.128. The molecule has 1 amide bonds. The summed E-state index contributed by atoms with van der Waals surface area (Å²) in [6, 6.07) is 18.1. The lowest BCUT2D eigenvalue weighted by Gasteiger charge is -2.23. The van der Waals surface area contributed by atoms with Crippen molar-refractivity contribution < 1.29 is 9.90 Å². The van der Waals surface area contributed by atoms with Crippen LogP contribution >= 0.6 is 0 Å². The summed E-state index contributed by atoms with van der Waals surface area (Å²) in [6.07, 6.45) is 2.05. The number of likely N-dealkylation sites (tertiary alicyclic amines) is 1. The predicted octanol–water partition coefficient (Wildman–Crippen LogP) is 2.71. The summed E-state index contributed by atoms with van der Waals surface area (Å²) < 4.78 is 0. The Morgan fingerprint density at radius 2 is 1.80 bits per heavy atom. The van der Waals surface area contributed by atoms with E-state index < -0.39 is 0 Å². The van der Waals surface area contributed by atoms with Crippen LogP contribution in [-0.2, 0) is 17.8 Å². The molecule has 0 aromatic heterocycles. The first-order valence-electron chi connectivity index (χ1n) is 8.88. The molecule has 1 atom stereocenters. The highest BCUT2D eigenvalue weighted by atomic mass is 16.3. The van der Waals surface area contributed by atoms with Crippen LogP contribution in [0.25, 0.3) is 0 Å². The molecule has 132 valence electrons. The Labute approximate surface area is 149 Å². The van der Waals surface area contributed by atoms with E-state index in [9.17, 15) is 4.79 Å². The molecule has 0 radical (unpaired) electrons. The van der Waals surface area contributed by atoms with Gasteiger partial charge in [0.05, 0.1) is 13.2 Å². The van der Waals surface area contributed by atoms with Gasteiger partial charge in [0.15, 0.2) is 0 Å². The molecule has 4 nitrogen and oxygen atoms in total. The molecule has 4 heteroatoms. The standard InChI is InChI=1S/C21H26N2O2/c1-22(20-5-3-2-4-6-20)15-21(25)23-12-11-19(14-23)13-17-7-9-18(16-24)10-8-17/h2-10,19,24H,11-16H2,1H3/t19-/m0/s1. The monoisotopic (exact) mass is 338 g/mol. The van der Waals surface area contributed by atoms with E-state index in [2.05, 4.69) is 12.1 Å². The minimum atomic E-state index is 0.0842. The molecular weight excluding hydrogens is 312 g/mol. The van der Waals surface area contributed by atoms with E-state index in [0.717, 1.165) is 37.2 Å². The van der Waals surface area contributed by atoms with E-state index in [1.165, 1.54) is 5.56 Å². The van der Waals surface area contributed by atoms with Gasteiger partial charge in [0.1, 0.15) is 0 Å². The van der Waals surface area contributed by atoms with E-state index in [0.29, 0.717) is 12.5 Å². The van der Waals surface area contributed by atoms with Crippen molar-refractivity contribution in [2.24, 2.45) is 5.92 Å². The van der Waals surface area contributed by atoms with Crippen molar-refractivity contribution >= 4 is 11.6 Å². The largest absolute Gasteiger partial charge is 0.392 e. The highest BCUT2D eigenvalue weighted by Gasteiger charge is 2.26. The van der Waals surface area contributed by atoms with Crippen LogP contribution in [0, 0.1) is 5.92 Å². The number of amides is 1. The Balaban J connectivity index is 1.50. The van der Waals surface area contributed by atoms with Crippen LogP contribution in [-0.4, -0.2) is 42.6 Å². The molecule has 0 unspecified atom stereocenters. The van der Waals surface area contributed by atoms with Crippen molar-refractivity contribution in [1.29, 1.82) is 0 Å². The average molecular weight is 338 g/mol. The molecule has 25 heavy (non-hydrogen) atoms. The minimum absolute atomic E-state index is 0.0842. The molecule has 1 N–H and O–H groups in total. The number of aliphatic hydroxyl groups is 1. The van der Waals surface area contributed by atoms with E-state index >= 15 is 0 Å². The molecule has 0 aliphatic carbocycles. The van der Waals surface area contributed by atoms with Crippen molar-refractivity contribution in [3.63, 3.8) is 0 Å². The lowest BCUT2D eigenvalue weighted by Crippen LogP contribution is -2.37. The number of carbonyl (C=O) groups excluding carboxylic acids is 1. The van der Waals surface area contributed by atoms with Crippen LogP contribution in [0.4, 0.5) is 5.69 Å². The maximum atomic E-state index is 12.6. The second kappa shape index (κ2) is 8.17. The summed E-state index contributed by atoms with van der Waals surface area (Å²) in [7, 11) is 1.96. The van der Waals surface area contributed by atoms with E-state index in [-0.39, 0.29) is 12.5 Å². The summed E-state index contributed by atoms with van der Waals surface area (Å²) in [5.74, 6) is 0.718. The fourth-order valence-electron chi connectivity index (χ4n) is 3.42. The SMILES string of the molecule is CN(CC(=O)N1CC[C@@H](Cc2ccc(CO)cc2)C1)c1ccccc1. The van der Waals surface area contributed by atoms with Crippen molar-refractivity contribution in [2.75, 3.05) is 31.6 Å². The molecule has 0 saturated carbocycles. The molecule has 1 aliphatic rings. The van der Waals surface area contributed by atoms with Gasteiger partial charge >= 0.3 is 0 Å². The molecule has 2 aromatic rings. The summed E-state index contributed by atoms with van der Waals surface area (Å²) in [5.41, 5.74) is 3.28. The number of para-hydroxylation sites is 1.